The van der Waals surface area contributed by atoms with E-state index in [2.05, 4.69) is 17.5 Å². The molecule has 0 saturated carbocycles. The quantitative estimate of drug-likeness (QED) is 0.747. The molecule has 1 rings (SSSR count). The molecule has 0 fully saturated rings. The Balaban J connectivity index is 2.24. The van der Waals surface area contributed by atoms with Crippen molar-refractivity contribution in [1.29, 1.82) is 0 Å². The van der Waals surface area contributed by atoms with Gasteiger partial charge in [-0.25, -0.2) is 4.79 Å². The SMILES string of the molecule is CC(C)(C)OC(=O)NCC1CC/C=C\CCC1. The van der Waals surface area contributed by atoms with E-state index in [1.165, 1.54) is 19.3 Å². The number of hydrogen-bond acceptors (Lipinski definition) is 2. The number of allylic oxidation sites excluding steroid dienone is 2. The first kappa shape index (κ1) is 14.1. The largest absolute Gasteiger partial charge is 0.444 e. The maximum Gasteiger partial charge on any atom is 0.407 e. The fraction of sp³-hybridized carbons (Fsp3) is 0.786. The smallest absolute Gasteiger partial charge is 0.407 e. The summed E-state index contributed by atoms with van der Waals surface area (Å²) in [6.45, 7) is 6.39. The van der Waals surface area contributed by atoms with Crippen LogP contribution in [0.3, 0.4) is 0 Å². The number of rotatable bonds is 2. The molecule has 0 aromatic carbocycles. The highest BCUT2D eigenvalue weighted by Gasteiger charge is 2.17. The molecule has 0 radical (unpaired) electrons. The van der Waals surface area contributed by atoms with E-state index < -0.39 is 5.60 Å². The topological polar surface area (TPSA) is 38.3 Å². The fourth-order valence-electron chi connectivity index (χ4n) is 1.98. The molecule has 0 bridgehead atoms. The first-order valence-corrected chi connectivity index (χ1v) is 6.59. The van der Waals surface area contributed by atoms with Gasteiger partial charge >= 0.3 is 6.09 Å². The Morgan fingerprint density at radius 3 is 2.71 bits per heavy atom. The van der Waals surface area contributed by atoms with Gasteiger partial charge in [-0.05, 0) is 58.8 Å². The zero-order valence-electron chi connectivity index (χ0n) is 11.3. The van der Waals surface area contributed by atoms with Gasteiger partial charge in [-0.1, -0.05) is 12.2 Å². The number of hydrogen-bond donors (Lipinski definition) is 1. The molecule has 1 aliphatic rings. The molecule has 1 atom stereocenters. The Morgan fingerprint density at radius 1 is 1.29 bits per heavy atom. The van der Waals surface area contributed by atoms with Crippen molar-refractivity contribution < 1.29 is 9.53 Å². The molecule has 1 unspecified atom stereocenters. The fourth-order valence-corrected chi connectivity index (χ4v) is 1.98. The molecule has 17 heavy (non-hydrogen) atoms. The highest BCUT2D eigenvalue weighted by molar-refractivity contribution is 5.67. The van der Waals surface area contributed by atoms with Crippen molar-refractivity contribution >= 4 is 6.09 Å². The first-order valence-electron chi connectivity index (χ1n) is 6.59. The number of alkyl carbamates (subject to hydrolysis) is 1. The maximum absolute atomic E-state index is 11.5. The molecule has 0 aliphatic heterocycles. The second kappa shape index (κ2) is 6.67. The van der Waals surface area contributed by atoms with Crippen LogP contribution in [-0.4, -0.2) is 18.2 Å². The number of carbonyl (C=O) groups excluding carboxylic acids is 1. The zero-order chi connectivity index (χ0) is 12.7. The average molecular weight is 239 g/mol. The lowest BCUT2D eigenvalue weighted by Gasteiger charge is -2.22. The van der Waals surface area contributed by atoms with Crippen molar-refractivity contribution in [3.05, 3.63) is 12.2 Å². The Labute approximate surface area is 105 Å². The van der Waals surface area contributed by atoms with Crippen LogP contribution in [-0.2, 0) is 4.74 Å². The molecule has 0 spiro atoms. The van der Waals surface area contributed by atoms with Crippen LogP contribution in [0.2, 0.25) is 0 Å². The Hall–Kier alpha value is -0.990. The van der Waals surface area contributed by atoms with Crippen LogP contribution < -0.4 is 5.32 Å². The lowest BCUT2D eigenvalue weighted by Crippen LogP contribution is -2.35. The molecule has 0 saturated heterocycles. The molecule has 0 heterocycles. The lowest BCUT2D eigenvalue weighted by molar-refractivity contribution is 0.0517. The normalized spacial score (nSPS) is 23.4. The lowest BCUT2D eigenvalue weighted by atomic mass is 9.94. The second-order valence-corrected chi connectivity index (χ2v) is 5.73. The third-order valence-corrected chi connectivity index (χ3v) is 2.83. The number of ether oxygens (including phenoxy) is 1. The van der Waals surface area contributed by atoms with Crippen LogP contribution in [0, 0.1) is 5.92 Å². The second-order valence-electron chi connectivity index (χ2n) is 5.73. The van der Waals surface area contributed by atoms with Crippen LogP contribution in [0.5, 0.6) is 0 Å². The number of amides is 1. The zero-order valence-corrected chi connectivity index (χ0v) is 11.3. The molecule has 98 valence electrons. The Bertz CT molecular complexity index is 266. The van der Waals surface area contributed by atoms with Gasteiger partial charge < -0.3 is 10.1 Å². The number of nitrogens with one attached hydrogen (secondary N) is 1. The van der Waals surface area contributed by atoms with Crippen molar-refractivity contribution in [1.82, 2.24) is 5.32 Å². The van der Waals surface area contributed by atoms with Gasteiger partial charge in [-0.3, -0.25) is 0 Å². The highest BCUT2D eigenvalue weighted by atomic mass is 16.6. The van der Waals surface area contributed by atoms with Crippen molar-refractivity contribution in [2.24, 2.45) is 5.92 Å². The third-order valence-electron chi connectivity index (χ3n) is 2.83. The van der Waals surface area contributed by atoms with E-state index in [-0.39, 0.29) is 6.09 Å². The summed E-state index contributed by atoms with van der Waals surface area (Å²) >= 11 is 0. The highest BCUT2D eigenvalue weighted by Crippen LogP contribution is 2.18. The van der Waals surface area contributed by atoms with E-state index in [0.717, 1.165) is 19.4 Å². The Kier molecular flexibility index (Phi) is 5.52. The minimum atomic E-state index is -0.409. The summed E-state index contributed by atoms with van der Waals surface area (Å²) in [7, 11) is 0. The van der Waals surface area contributed by atoms with Crippen LogP contribution in [0.15, 0.2) is 12.2 Å². The van der Waals surface area contributed by atoms with Gasteiger partial charge in [0, 0.05) is 6.54 Å². The molecule has 0 aromatic rings. The maximum atomic E-state index is 11.5. The summed E-state index contributed by atoms with van der Waals surface area (Å²) in [6.07, 6.45) is 10.1. The predicted molar refractivity (Wildman–Crippen MR) is 70.0 cm³/mol. The van der Waals surface area contributed by atoms with Crippen LogP contribution in [0.25, 0.3) is 0 Å². The first-order chi connectivity index (χ1) is 7.97. The van der Waals surface area contributed by atoms with Crippen molar-refractivity contribution in [3.63, 3.8) is 0 Å². The molecule has 3 heteroatoms. The van der Waals surface area contributed by atoms with Gasteiger partial charge in [-0.2, -0.15) is 0 Å². The summed E-state index contributed by atoms with van der Waals surface area (Å²) in [4.78, 5) is 11.5. The van der Waals surface area contributed by atoms with Crippen molar-refractivity contribution in [3.8, 4) is 0 Å². The molecular weight excluding hydrogens is 214 g/mol. The van der Waals surface area contributed by atoms with Crippen LogP contribution >= 0.6 is 0 Å². The summed E-state index contributed by atoms with van der Waals surface area (Å²) in [6, 6.07) is 0. The van der Waals surface area contributed by atoms with Crippen LogP contribution in [0.1, 0.15) is 52.9 Å². The van der Waals surface area contributed by atoms with Gasteiger partial charge in [0.25, 0.3) is 0 Å². The van der Waals surface area contributed by atoms with E-state index in [1.54, 1.807) is 0 Å². The third kappa shape index (κ3) is 7.03. The molecule has 1 N–H and O–H groups in total. The Morgan fingerprint density at radius 2 is 2.00 bits per heavy atom. The van der Waals surface area contributed by atoms with Crippen LogP contribution in [0.4, 0.5) is 4.79 Å². The minimum Gasteiger partial charge on any atom is -0.444 e. The molecule has 1 amide bonds. The molecule has 3 nitrogen and oxygen atoms in total. The monoisotopic (exact) mass is 239 g/mol. The van der Waals surface area contributed by atoms with E-state index in [1.807, 2.05) is 20.8 Å². The summed E-state index contributed by atoms with van der Waals surface area (Å²) in [5.74, 6) is 0.590. The summed E-state index contributed by atoms with van der Waals surface area (Å²) in [5.41, 5.74) is -0.409. The minimum absolute atomic E-state index is 0.296. The van der Waals surface area contributed by atoms with E-state index in [0.29, 0.717) is 5.92 Å². The molecule has 1 aliphatic carbocycles. The summed E-state index contributed by atoms with van der Waals surface area (Å²) in [5, 5.41) is 2.87. The van der Waals surface area contributed by atoms with E-state index in [9.17, 15) is 4.79 Å². The average Bonchev–Trinajstić information content (AvgIpc) is 2.13. The standard InChI is InChI=1S/C14H25NO2/c1-14(2,3)17-13(16)15-11-12-9-7-5-4-6-8-10-12/h4-5,12H,6-11H2,1-3H3,(H,15,16)/b5-4-. The summed E-state index contributed by atoms with van der Waals surface area (Å²) < 4.78 is 5.22. The van der Waals surface area contributed by atoms with Gasteiger partial charge in [0.2, 0.25) is 0 Å². The van der Waals surface area contributed by atoms with Gasteiger partial charge in [0.05, 0.1) is 0 Å². The van der Waals surface area contributed by atoms with E-state index >= 15 is 0 Å². The van der Waals surface area contributed by atoms with Gasteiger partial charge in [0.1, 0.15) is 5.60 Å². The molecule has 0 aromatic heterocycles. The van der Waals surface area contributed by atoms with Gasteiger partial charge in [-0.15, -0.1) is 0 Å². The van der Waals surface area contributed by atoms with Gasteiger partial charge in [0.15, 0.2) is 0 Å². The van der Waals surface area contributed by atoms with E-state index in [4.69, 9.17) is 4.74 Å². The number of carbonyl (C=O) groups is 1. The molecular formula is C14H25NO2. The predicted octanol–water partition coefficient (Wildman–Crippen LogP) is 3.65. The van der Waals surface area contributed by atoms with Crippen molar-refractivity contribution in [2.75, 3.05) is 6.54 Å². The van der Waals surface area contributed by atoms with Crippen molar-refractivity contribution in [2.45, 2.75) is 58.5 Å².